The molecule has 0 aromatic heterocycles. The summed E-state index contributed by atoms with van der Waals surface area (Å²) in [5, 5.41) is 3.63. The molecule has 0 radical (unpaired) electrons. The van der Waals surface area contributed by atoms with Crippen LogP contribution in [0.4, 0.5) is 0 Å². The Bertz CT molecular complexity index is 1420. The maximum Gasteiger partial charge on any atom is 0.277 e. The molecule has 0 heterocycles. The molecule has 35 heavy (non-hydrogen) atoms. The van der Waals surface area contributed by atoms with E-state index in [1.54, 1.807) is 12.5 Å². The summed E-state index contributed by atoms with van der Waals surface area (Å²) in [5.74, 6) is -0.185. The van der Waals surface area contributed by atoms with Gasteiger partial charge in [0.15, 0.2) is 5.78 Å². The normalized spacial score (nSPS) is 24.3. The monoisotopic (exact) mass is 512 g/mol. The molecule has 0 saturated heterocycles. The van der Waals surface area contributed by atoms with Gasteiger partial charge in [-0.15, -0.1) is 10.3 Å². The maximum atomic E-state index is 13.7. The Morgan fingerprint density at radius 2 is 1.57 bits per heavy atom. The molecule has 0 N–H and O–H groups in total. The van der Waals surface area contributed by atoms with Gasteiger partial charge >= 0.3 is 0 Å². The van der Waals surface area contributed by atoms with Gasteiger partial charge in [-0.2, -0.15) is 8.42 Å². The van der Waals surface area contributed by atoms with Crippen LogP contribution < -0.4 is 0 Å². The zero-order chi connectivity index (χ0) is 25.2. The molecule has 5 rings (SSSR count). The van der Waals surface area contributed by atoms with Crippen LogP contribution in [0.3, 0.4) is 0 Å². The molecule has 7 heteroatoms. The van der Waals surface area contributed by atoms with Crippen LogP contribution in [0.1, 0.15) is 43.5 Å². The summed E-state index contributed by atoms with van der Waals surface area (Å²) in [4.78, 5) is 26.6. The maximum absolute atomic E-state index is 13.7. The number of fused-ring (bicyclic) bond motifs is 4. The first-order valence-electron chi connectivity index (χ1n) is 12.0. The minimum absolute atomic E-state index is 0.0167. The van der Waals surface area contributed by atoms with Gasteiger partial charge in [0.2, 0.25) is 0 Å². The molecule has 2 aliphatic carbocycles. The van der Waals surface area contributed by atoms with Crippen molar-refractivity contribution in [1.82, 2.24) is 0 Å². The van der Waals surface area contributed by atoms with Gasteiger partial charge < -0.3 is 0 Å². The number of hydrogen-bond acceptors (Lipinski definition) is 5. The third-order valence-electron chi connectivity index (χ3n) is 8.38. The highest BCUT2D eigenvalue weighted by atomic mass is 32.3. The lowest BCUT2D eigenvalue weighted by molar-refractivity contribution is -0.128. The lowest BCUT2D eigenvalue weighted by Crippen LogP contribution is -2.42. The van der Waals surface area contributed by atoms with Gasteiger partial charge in [0.05, 0.1) is 16.9 Å². The number of Topliss-reactive ketones (excluding diaryl/α,β-unsaturated/α-hetero) is 2. The van der Waals surface area contributed by atoms with E-state index in [0.717, 1.165) is 28.0 Å². The zero-order valence-electron chi connectivity index (χ0n) is 20.7. The summed E-state index contributed by atoms with van der Waals surface area (Å²) < 4.78 is 32.4. The first-order chi connectivity index (χ1) is 16.4. The summed E-state index contributed by atoms with van der Waals surface area (Å²) in [5.41, 5.74) is -0.649. The van der Waals surface area contributed by atoms with E-state index in [2.05, 4.69) is 6.07 Å². The van der Waals surface area contributed by atoms with E-state index in [1.807, 2.05) is 62.4 Å². The van der Waals surface area contributed by atoms with Crippen LogP contribution in [-0.4, -0.2) is 44.0 Å². The molecule has 2 bridgehead atoms. The highest BCUT2D eigenvalue weighted by molar-refractivity contribution is 8.32. The molecule has 2 atom stereocenters. The van der Waals surface area contributed by atoms with E-state index < -0.39 is 25.8 Å². The second kappa shape index (κ2) is 8.15. The summed E-state index contributed by atoms with van der Waals surface area (Å²) in [7, 11) is -6.31. The fraction of sp³-hybridized carbons (Fsp3) is 0.429. The summed E-state index contributed by atoms with van der Waals surface area (Å²) >= 11 is 0. The molecule has 0 amide bonds. The smallest absolute Gasteiger partial charge is 0.277 e. The van der Waals surface area contributed by atoms with Gasteiger partial charge in [-0.25, -0.2) is 3.63 Å². The van der Waals surface area contributed by atoms with Gasteiger partial charge in [-0.05, 0) is 64.3 Å². The van der Waals surface area contributed by atoms with Crippen molar-refractivity contribution in [2.75, 3.05) is 24.0 Å². The molecule has 2 fully saturated rings. The van der Waals surface area contributed by atoms with Crippen molar-refractivity contribution in [3.8, 4) is 0 Å². The van der Waals surface area contributed by atoms with E-state index in [0.29, 0.717) is 18.4 Å². The molecule has 3 aromatic carbocycles. The second-order valence-electron chi connectivity index (χ2n) is 11.1. The van der Waals surface area contributed by atoms with Crippen LogP contribution in [0.25, 0.3) is 21.5 Å². The topological polar surface area (TPSA) is 77.5 Å². The molecule has 2 unspecified atom stereocenters. The van der Waals surface area contributed by atoms with E-state index in [-0.39, 0.29) is 34.4 Å². The Kier molecular flexibility index (Phi) is 5.70. The Morgan fingerprint density at radius 1 is 1.00 bits per heavy atom. The van der Waals surface area contributed by atoms with E-state index >= 15 is 0 Å². The highest BCUT2D eigenvalue weighted by Gasteiger charge is 2.65. The third-order valence-corrected chi connectivity index (χ3v) is 12.5. The summed E-state index contributed by atoms with van der Waals surface area (Å²) in [6.45, 7) is 4.02. The molecule has 0 aliphatic heterocycles. The van der Waals surface area contributed by atoms with Crippen molar-refractivity contribution in [3.05, 3.63) is 60.2 Å². The first-order valence-corrected chi connectivity index (χ1v) is 16.1. The van der Waals surface area contributed by atoms with Crippen LogP contribution >= 0.6 is 10.3 Å². The third kappa shape index (κ3) is 4.02. The van der Waals surface area contributed by atoms with Crippen LogP contribution in [0.5, 0.6) is 0 Å². The van der Waals surface area contributed by atoms with Gasteiger partial charge in [-0.3, -0.25) is 9.59 Å². The van der Waals surface area contributed by atoms with Crippen molar-refractivity contribution in [2.24, 2.45) is 16.7 Å². The van der Waals surface area contributed by atoms with Crippen molar-refractivity contribution in [1.29, 1.82) is 0 Å². The average molecular weight is 513 g/mol. The van der Waals surface area contributed by atoms with Gasteiger partial charge in [0.25, 0.3) is 10.1 Å². The fourth-order valence-corrected chi connectivity index (χ4v) is 11.1. The number of rotatable bonds is 7. The first kappa shape index (κ1) is 24.5. The molecule has 5 nitrogen and oxygen atoms in total. The molecule has 2 saturated carbocycles. The number of carbonyl (C=O) groups is 2. The lowest BCUT2D eigenvalue weighted by atomic mass is 9.70. The van der Waals surface area contributed by atoms with Crippen molar-refractivity contribution in [3.63, 3.8) is 0 Å². The largest absolute Gasteiger partial charge is 0.299 e. The molecule has 3 aromatic rings. The van der Waals surface area contributed by atoms with Crippen molar-refractivity contribution in [2.45, 2.75) is 33.1 Å². The van der Waals surface area contributed by atoms with Crippen LogP contribution in [0.15, 0.2) is 54.6 Å². The number of carbonyl (C=O) groups excluding carboxylic acids is 2. The quantitative estimate of drug-likeness (QED) is 0.291. The summed E-state index contributed by atoms with van der Waals surface area (Å²) in [6, 6.07) is 17.6. The Morgan fingerprint density at radius 3 is 2.09 bits per heavy atom. The fourth-order valence-electron chi connectivity index (χ4n) is 6.44. The standard InChI is InChI=1S/C28H32O5S2/c1-27(2)21-13-14-28(27,25(30)16-21)18-35(31,32)33-34(3,4)17-24(29)26-22-11-7-5-9-19(22)15-20-10-6-8-12-23(20)26/h5-12,15,21H,13-14,16-18H2,1-4H3. The SMILES string of the molecule is CC1(C)C2CCC1(CS(=O)(=O)OS(C)(C)CC(=O)c1c3ccccc3cc3ccccc13)C(=O)C2. The number of benzene rings is 3. The second-order valence-corrected chi connectivity index (χ2v) is 16.2. The minimum Gasteiger partial charge on any atom is -0.299 e. The Hall–Kier alpha value is -2.22. The Balaban J connectivity index is 1.43. The predicted molar refractivity (Wildman–Crippen MR) is 144 cm³/mol. The predicted octanol–water partition coefficient (Wildman–Crippen LogP) is 5.90. The van der Waals surface area contributed by atoms with Gasteiger partial charge in [0, 0.05) is 12.0 Å². The van der Waals surface area contributed by atoms with Gasteiger partial charge in [0.1, 0.15) is 5.78 Å². The average Bonchev–Trinajstić information content (AvgIpc) is 3.10. The zero-order valence-corrected chi connectivity index (χ0v) is 22.3. The van der Waals surface area contributed by atoms with E-state index in [1.165, 1.54) is 0 Å². The van der Waals surface area contributed by atoms with Crippen LogP contribution in [-0.2, 0) is 18.5 Å². The summed E-state index contributed by atoms with van der Waals surface area (Å²) in [6.07, 6.45) is 5.34. The highest BCUT2D eigenvalue weighted by Crippen LogP contribution is 2.64. The molecule has 2 aliphatic rings. The number of ketones is 2. The van der Waals surface area contributed by atoms with Crippen molar-refractivity contribution < 1.29 is 21.6 Å². The van der Waals surface area contributed by atoms with E-state index in [9.17, 15) is 18.0 Å². The lowest BCUT2D eigenvalue weighted by Gasteiger charge is -2.37. The van der Waals surface area contributed by atoms with Gasteiger partial charge in [-0.1, -0.05) is 62.4 Å². The van der Waals surface area contributed by atoms with Crippen molar-refractivity contribution >= 4 is 53.5 Å². The molecule has 0 spiro atoms. The molecular formula is C28H32O5S2. The Labute approximate surface area is 208 Å². The van der Waals surface area contributed by atoms with Crippen LogP contribution in [0.2, 0.25) is 0 Å². The van der Waals surface area contributed by atoms with Crippen LogP contribution in [0, 0.1) is 16.7 Å². The number of hydrogen-bond donors (Lipinski definition) is 0. The minimum atomic E-state index is -4.02. The van der Waals surface area contributed by atoms with E-state index in [4.69, 9.17) is 3.63 Å². The molecular weight excluding hydrogens is 480 g/mol. The molecule has 186 valence electrons.